The first-order valence-electron chi connectivity index (χ1n) is 6.14. The van der Waals surface area contributed by atoms with Crippen LogP contribution in [0.2, 0.25) is 0 Å². The van der Waals surface area contributed by atoms with Crippen LogP contribution in [0.3, 0.4) is 0 Å². The van der Waals surface area contributed by atoms with Crippen molar-refractivity contribution < 1.29 is 4.63 Å². The predicted octanol–water partition coefficient (Wildman–Crippen LogP) is 2.45. The zero-order valence-electron chi connectivity index (χ0n) is 11.1. The molecule has 0 amide bonds. The molecule has 4 heteroatoms. The highest BCUT2D eigenvalue weighted by atomic mass is 16.6. The van der Waals surface area contributed by atoms with E-state index in [9.17, 15) is 0 Å². The fourth-order valence-corrected chi connectivity index (χ4v) is 1.89. The molecule has 0 unspecified atom stereocenters. The van der Waals surface area contributed by atoms with Crippen molar-refractivity contribution >= 4 is 0 Å². The maximum absolute atomic E-state index is 4.67. The van der Waals surface area contributed by atoms with Gasteiger partial charge in [-0.25, -0.2) is 4.63 Å². The highest BCUT2D eigenvalue weighted by Gasteiger charge is 2.19. The van der Waals surface area contributed by atoms with E-state index in [2.05, 4.69) is 58.4 Å². The highest BCUT2D eigenvalue weighted by molar-refractivity contribution is 5.23. The third kappa shape index (κ3) is 2.96. The second kappa shape index (κ2) is 5.31. The Bertz CT molecular complexity index is 491. The summed E-state index contributed by atoms with van der Waals surface area (Å²) in [6.45, 7) is 7.91. The minimum atomic E-state index is 0.0896. The standard InChI is InChI=1S/C14H19N3O/c1-11-13(17-18-16-11)9-15-10-14(2,3)12-7-5-4-6-8-12/h4-8,15H,9-10H2,1-3H3. The summed E-state index contributed by atoms with van der Waals surface area (Å²) in [5.74, 6) is 0. The Morgan fingerprint density at radius 2 is 1.89 bits per heavy atom. The Labute approximate surface area is 107 Å². The molecule has 0 aliphatic carbocycles. The van der Waals surface area contributed by atoms with Crippen LogP contribution in [-0.2, 0) is 12.0 Å². The maximum atomic E-state index is 4.67. The van der Waals surface area contributed by atoms with E-state index in [-0.39, 0.29) is 5.41 Å². The molecule has 0 saturated heterocycles. The predicted molar refractivity (Wildman–Crippen MR) is 70.2 cm³/mol. The maximum Gasteiger partial charge on any atom is 0.121 e. The van der Waals surface area contributed by atoms with Crippen molar-refractivity contribution in [2.75, 3.05) is 6.54 Å². The Morgan fingerprint density at radius 3 is 2.50 bits per heavy atom. The van der Waals surface area contributed by atoms with Gasteiger partial charge in [-0.3, -0.25) is 0 Å². The lowest BCUT2D eigenvalue weighted by Crippen LogP contribution is -2.32. The van der Waals surface area contributed by atoms with Gasteiger partial charge in [0.1, 0.15) is 11.4 Å². The van der Waals surface area contributed by atoms with E-state index in [1.807, 2.05) is 13.0 Å². The van der Waals surface area contributed by atoms with Crippen LogP contribution in [0, 0.1) is 6.92 Å². The molecule has 0 aliphatic rings. The van der Waals surface area contributed by atoms with Crippen LogP contribution in [0.15, 0.2) is 35.0 Å². The molecule has 1 aromatic heterocycles. The third-order valence-corrected chi connectivity index (χ3v) is 3.16. The van der Waals surface area contributed by atoms with Crippen molar-refractivity contribution in [3.05, 3.63) is 47.3 Å². The topological polar surface area (TPSA) is 51.0 Å². The summed E-state index contributed by atoms with van der Waals surface area (Å²) in [5, 5.41) is 11.0. The number of hydrogen-bond donors (Lipinski definition) is 1. The average Bonchev–Trinajstić information content (AvgIpc) is 2.76. The van der Waals surface area contributed by atoms with Gasteiger partial charge >= 0.3 is 0 Å². The Balaban J connectivity index is 1.92. The monoisotopic (exact) mass is 245 g/mol. The molecule has 0 bridgehead atoms. The second-order valence-corrected chi connectivity index (χ2v) is 5.15. The normalized spacial score (nSPS) is 11.7. The van der Waals surface area contributed by atoms with Gasteiger partial charge in [0, 0.05) is 18.5 Å². The van der Waals surface area contributed by atoms with Crippen molar-refractivity contribution in [1.82, 2.24) is 15.6 Å². The molecular weight excluding hydrogens is 226 g/mol. The quantitative estimate of drug-likeness (QED) is 0.879. The number of hydrogen-bond acceptors (Lipinski definition) is 4. The van der Waals surface area contributed by atoms with E-state index >= 15 is 0 Å². The summed E-state index contributed by atoms with van der Waals surface area (Å²) >= 11 is 0. The lowest BCUT2D eigenvalue weighted by Gasteiger charge is -2.25. The lowest BCUT2D eigenvalue weighted by molar-refractivity contribution is 0.300. The summed E-state index contributed by atoms with van der Waals surface area (Å²) in [7, 11) is 0. The molecular formula is C14H19N3O. The molecule has 2 rings (SSSR count). The smallest absolute Gasteiger partial charge is 0.121 e. The van der Waals surface area contributed by atoms with Crippen molar-refractivity contribution in [2.45, 2.75) is 32.7 Å². The van der Waals surface area contributed by atoms with Crippen LogP contribution in [0.5, 0.6) is 0 Å². The number of nitrogens with zero attached hydrogens (tertiary/aromatic N) is 2. The van der Waals surface area contributed by atoms with E-state index < -0.39 is 0 Å². The van der Waals surface area contributed by atoms with Gasteiger partial charge in [-0.05, 0) is 12.5 Å². The molecule has 0 aliphatic heterocycles. The molecule has 1 aromatic carbocycles. The molecule has 0 fully saturated rings. The number of rotatable bonds is 5. The number of nitrogens with one attached hydrogen (secondary N) is 1. The molecule has 1 heterocycles. The molecule has 0 atom stereocenters. The first kappa shape index (κ1) is 12.8. The lowest BCUT2D eigenvalue weighted by atomic mass is 9.84. The summed E-state index contributed by atoms with van der Waals surface area (Å²) in [5.41, 5.74) is 3.14. The summed E-state index contributed by atoms with van der Waals surface area (Å²) in [4.78, 5) is 0. The Hall–Kier alpha value is -1.68. The third-order valence-electron chi connectivity index (χ3n) is 3.16. The molecule has 96 valence electrons. The summed E-state index contributed by atoms with van der Waals surface area (Å²) < 4.78 is 4.67. The van der Waals surface area contributed by atoms with Gasteiger partial charge in [-0.15, -0.1) is 0 Å². The molecule has 0 saturated carbocycles. The zero-order valence-corrected chi connectivity index (χ0v) is 11.1. The van der Waals surface area contributed by atoms with Gasteiger partial charge in [0.25, 0.3) is 0 Å². The molecule has 0 radical (unpaired) electrons. The molecule has 18 heavy (non-hydrogen) atoms. The van der Waals surface area contributed by atoms with Crippen LogP contribution < -0.4 is 5.32 Å². The van der Waals surface area contributed by atoms with E-state index in [1.54, 1.807) is 0 Å². The van der Waals surface area contributed by atoms with E-state index in [0.717, 1.165) is 17.9 Å². The van der Waals surface area contributed by atoms with Gasteiger partial charge in [-0.2, -0.15) is 0 Å². The van der Waals surface area contributed by atoms with Crippen LogP contribution in [-0.4, -0.2) is 16.9 Å². The first-order valence-corrected chi connectivity index (χ1v) is 6.14. The van der Waals surface area contributed by atoms with Crippen LogP contribution in [0.4, 0.5) is 0 Å². The van der Waals surface area contributed by atoms with Gasteiger partial charge in [0.2, 0.25) is 0 Å². The van der Waals surface area contributed by atoms with Crippen LogP contribution >= 0.6 is 0 Å². The van der Waals surface area contributed by atoms with Crippen LogP contribution in [0.25, 0.3) is 0 Å². The minimum Gasteiger partial charge on any atom is -0.310 e. The Morgan fingerprint density at radius 1 is 1.17 bits per heavy atom. The number of aryl methyl sites for hydroxylation is 1. The molecule has 4 nitrogen and oxygen atoms in total. The minimum absolute atomic E-state index is 0.0896. The molecule has 1 N–H and O–H groups in total. The highest BCUT2D eigenvalue weighted by Crippen LogP contribution is 2.21. The second-order valence-electron chi connectivity index (χ2n) is 5.15. The van der Waals surface area contributed by atoms with Gasteiger partial charge < -0.3 is 5.32 Å². The summed E-state index contributed by atoms with van der Waals surface area (Å²) in [6.07, 6.45) is 0. The fourth-order valence-electron chi connectivity index (χ4n) is 1.89. The number of aromatic nitrogens is 2. The first-order chi connectivity index (χ1) is 8.59. The van der Waals surface area contributed by atoms with E-state index in [4.69, 9.17) is 0 Å². The number of benzene rings is 1. The van der Waals surface area contributed by atoms with Crippen molar-refractivity contribution in [2.24, 2.45) is 0 Å². The van der Waals surface area contributed by atoms with Gasteiger partial charge in [0.05, 0.1) is 0 Å². The van der Waals surface area contributed by atoms with E-state index in [0.29, 0.717) is 6.54 Å². The van der Waals surface area contributed by atoms with E-state index in [1.165, 1.54) is 5.56 Å². The van der Waals surface area contributed by atoms with Gasteiger partial charge in [0.15, 0.2) is 0 Å². The van der Waals surface area contributed by atoms with Crippen molar-refractivity contribution in [1.29, 1.82) is 0 Å². The fraction of sp³-hybridized carbons (Fsp3) is 0.429. The van der Waals surface area contributed by atoms with Crippen molar-refractivity contribution in [3.8, 4) is 0 Å². The SMILES string of the molecule is Cc1nonc1CNCC(C)(C)c1ccccc1. The Kier molecular flexibility index (Phi) is 3.77. The van der Waals surface area contributed by atoms with Crippen molar-refractivity contribution in [3.63, 3.8) is 0 Å². The largest absolute Gasteiger partial charge is 0.310 e. The summed E-state index contributed by atoms with van der Waals surface area (Å²) in [6, 6.07) is 10.5. The average molecular weight is 245 g/mol. The zero-order chi connectivity index (χ0) is 13.0. The molecule has 0 spiro atoms. The molecule has 2 aromatic rings. The van der Waals surface area contributed by atoms with Crippen LogP contribution in [0.1, 0.15) is 30.8 Å². The van der Waals surface area contributed by atoms with Gasteiger partial charge in [-0.1, -0.05) is 54.5 Å².